The summed E-state index contributed by atoms with van der Waals surface area (Å²) in [5.74, 6) is -9.76. The topological polar surface area (TPSA) is 63.2 Å². The Hall–Kier alpha value is -3.29. The van der Waals surface area contributed by atoms with Crippen LogP contribution in [0.1, 0.15) is 45.0 Å². The van der Waals surface area contributed by atoms with Gasteiger partial charge < -0.3 is 5.32 Å². The van der Waals surface area contributed by atoms with Crippen molar-refractivity contribution in [2.45, 2.75) is 41.9 Å². The van der Waals surface area contributed by atoms with Crippen molar-refractivity contribution in [2.24, 2.45) is 5.92 Å². The highest BCUT2D eigenvalue weighted by molar-refractivity contribution is 6.53. The second-order valence-corrected chi connectivity index (χ2v) is 12.0. The lowest BCUT2D eigenvalue weighted by molar-refractivity contribution is -0.152. The molecular weight excluding hydrogens is 688 g/mol. The van der Waals surface area contributed by atoms with Crippen LogP contribution in [0.25, 0.3) is 0 Å². The van der Waals surface area contributed by atoms with Crippen molar-refractivity contribution in [2.75, 3.05) is 5.32 Å². The zero-order chi connectivity index (χ0) is 33.6. The fourth-order valence-corrected chi connectivity index (χ4v) is 5.81. The number of Topliss-reactive ketones (excluding diaryl/α,β-unsaturated/α-hetero) is 2. The van der Waals surface area contributed by atoms with E-state index < -0.39 is 99.4 Å². The maximum atomic E-state index is 15.0. The molecule has 0 aliphatic heterocycles. The van der Waals surface area contributed by atoms with E-state index >= 15 is 0 Å². The number of rotatable bonds is 9. The first kappa shape index (κ1) is 34.6. The van der Waals surface area contributed by atoms with Crippen LogP contribution in [0.5, 0.6) is 0 Å². The third kappa shape index (κ3) is 7.93. The molecule has 0 heterocycles. The molecule has 2 atom stereocenters. The number of carbonyl (C=O) groups is 3. The first-order valence-electron chi connectivity index (χ1n) is 12.6. The van der Waals surface area contributed by atoms with Gasteiger partial charge in [-0.2, -0.15) is 26.3 Å². The zero-order valence-corrected chi connectivity index (χ0v) is 24.4. The van der Waals surface area contributed by atoms with Gasteiger partial charge in [-0.15, -0.1) is 23.2 Å². The normalized spacial score (nSPS) is 17.6. The lowest BCUT2D eigenvalue weighted by Crippen LogP contribution is -2.18. The molecule has 1 N–H and O–H groups in total. The summed E-state index contributed by atoms with van der Waals surface area (Å²) >= 11 is 18.4. The van der Waals surface area contributed by atoms with Gasteiger partial charge in [-0.1, -0.05) is 17.7 Å². The number of anilines is 1. The molecule has 0 saturated heterocycles. The Balaban J connectivity index is 1.52. The number of hydrogen-bond donors (Lipinski definition) is 1. The van der Waals surface area contributed by atoms with Gasteiger partial charge in [-0.05, 0) is 53.6 Å². The van der Waals surface area contributed by atoms with Gasteiger partial charge in [0.05, 0.1) is 16.5 Å². The summed E-state index contributed by atoms with van der Waals surface area (Å²) in [4.78, 5) is 37.7. The van der Waals surface area contributed by atoms with E-state index in [0.29, 0.717) is 12.1 Å². The monoisotopic (exact) mass is 703 g/mol. The lowest BCUT2D eigenvalue weighted by atomic mass is 9.97. The van der Waals surface area contributed by atoms with Gasteiger partial charge >= 0.3 is 12.4 Å². The average molecular weight is 705 g/mol. The number of halogens is 12. The van der Waals surface area contributed by atoms with E-state index in [1.807, 2.05) is 0 Å². The highest BCUT2D eigenvalue weighted by atomic mass is 35.5. The van der Waals surface area contributed by atoms with Gasteiger partial charge in [0.2, 0.25) is 5.91 Å². The van der Waals surface area contributed by atoms with E-state index in [4.69, 9.17) is 34.8 Å². The van der Waals surface area contributed by atoms with Crippen LogP contribution >= 0.6 is 34.8 Å². The minimum Gasteiger partial charge on any atom is -0.326 e. The van der Waals surface area contributed by atoms with Gasteiger partial charge in [-0.3, -0.25) is 14.4 Å². The Morgan fingerprint density at radius 2 is 1.53 bits per heavy atom. The molecule has 4 rings (SSSR count). The SMILES string of the molecule is O=C(Cc1c(F)ccc(CC(=O)c2cc(NC(=O)[C@H]3[C@H](c4cc(F)cc(C(F)(F)F)c4)C3(Cl)Cl)ccc2Cl)c1F)CC(F)(F)F. The number of ketones is 2. The molecule has 0 unspecified atom stereocenters. The molecule has 1 amide bonds. The number of amides is 1. The highest BCUT2D eigenvalue weighted by Gasteiger charge is 2.67. The highest BCUT2D eigenvalue weighted by Crippen LogP contribution is 2.65. The standard InChI is InChI=1S/C29H17Cl3F9NO3/c30-20-3-2-16(42-26(45)24-23(28(24,31)32)13-5-14(29(39,40)41)8-15(33)6-13)9-18(20)22(44)7-12-1-4-21(34)19(25(12)35)10-17(43)11-27(36,37)38/h1-6,8-9,23-24H,7,10-11H2,(H,42,45)/t23-,24+/m0/s1. The molecule has 1 fully saturated rings. The summed E-state index contributed by atoms with van der Waals surface area (Å²) in [5.41, 5.74) is -3.35. The third-order valence-corrected chi connectivity index (χ3v) is 8.14. The van der Waals surface area contributed by atoms with E-state index in [-0.39, 0.29) is 27.9 Å². The summed E-state index contributed by atoms with van der Waals surface area (Å²) in [5, 5.41) is 2.21. The van der Waals surface area contributed by atoms with Crippen molar-refractivity contribution in [3.05, 3.63) is 98.8 Å². The fourth-order valence-electron chi connectivity index (χ4n) is 4.76. The van der Waals surface area contributed by atoms with Crippen molar-refractivity contribution in [3.63, 3.8) is 0 Å². The van der Waals surface area contributed by atoms with Crippen LogP contribution in [-0.2, 0) is 28.6 Å². The second-order valence-electron chi connectivity index (χ2n) is 10.2. The molecule has 3 aromatic carbocycles. The summed E-state index contributed by atoms with van der Waals surface area (Å²) < 4.78 is 118. The smallest absolute Gasteiger partial charge is 0.326 e. The van der Waals surface area contributed by atoms with Crippen molar-refractivity contribution < 1.29 is 53.9 Å². The minimum atomic E-state index is -4.89. The van der Waals surface area contributed by atoms with E-state index in [9.17, 15) is 53.9 Å². The molecule has 0 radical (unpaired) electrons. The van der Waals surface area contributed by atoms with Gasteiger partial charge in [0, 0.05) is 35.6 Å². The van der Waals surface area contributed by atoms with Crippen LogP contribution in [0.3, 0.4) is 0 Å². The van der Waals surface area contributed by atoms with Gasteiger partial charge in [-0.25, -0.2) is 13.2 Å². The number of benzene rings is 3. The minimum absolute atomic E-state index is 0.0734. The first-order valence-corrected chi connectivity index (χ1v) is 13.8. The molecule has 45 heavy (non-hydrogen) atoms. The van der Waals surface area contributed by atoms with Gasteiger partial charge in [0.15, 0.2) is 5.78 Å². The summed E-state index contributed by atoms with van der Waals surface area (Å²) in [7, 11) is 0. The number of carbonyl (C=O) groups excluding carboxylic acids is 3. The Bertz CT molecular complexity index is 1690. The Morgan fingerprint density at radius 3 is 2.16 bits per heavy atom. The first-order chi connectivity index (χ1) is 20.7. The molecule has 4 nitrogen and oxygen atoms in total. The fraction of sp³-hybridized carbons (Fsp3) is 0.276. The zero-order valence-electron chi connectivity index (χ0n) is 22.2. The molecule has 1 saturated carbocycles. The van der Waals surface area contributed by atoms with Crippen molar-refractivity contribution in [1.82, 2.24) is 0 Å². The summed E-state index contributed by atoms with van der Waals surface area (Å²) in [6, 6.07) is 6.69. The molecule has 3 aromatic rings. The molecule has 0 bridgehead atoms. The average Bonchev–Trinajstić information content (AvgIpc) is 3.49. The van der Waals surface area contributed by atoms with Crippen LogP contribution in [0.2, 0.25) is 5.02 Å². The van der Waals surface area contributed by atoms with Crippen LogP contribution in [0, 0.1) is 23.4 Å². The Morgan fingerprint density at radius 1 is 0.867 bits per heavy atom. The summed E-state index contributed by atoms with van der Waals surface area (Å²) in [6.45, 7) is 0. The number of hydrogen-bond acceptors (Lipinski definition) is 3. The molecule has 0 aromatic heterocycles. The van der Waals surface area contributed by atoms with Crippen LogP contribution in [0.15, 0.2) is 48.5 Å². The molecule has 240 valence electrons. The van der Waals surface area contributed by atoms with Crippen molar-refractivity contribution in [3.8, 4) is 0 Å². The Labute approximate surface area is 263 Å². The molecule has 0 spiro atoms. The van der Waals surface area contributed by atoms with Crippen LogP contribution < -0.4 is 5.32 Å². The largest absolute Gasteiger partial charge is 0.416 e. The summed E-state index contributed by atoms with van der Waals surface area (Å²) in [6.07, 6.45) is -13.7. The maximum absolute atomic E-state index is 15.0. The second kappa shape index (κ2) is 12.5. The molecule has 1 aliphatic rings. The van der Waals surface area contributed by atoms with Gasteiger partial charge in [0.1, 0.15) is 34.0 Å². The van der Waals surface area contributed by atoms with E-state index in [2.05, 4.69) is 5.32 Å². The lowest BCUT2D eigenvalue weighted by Gasteiger charge is -2.12. The predicted octanol–water partition coefficient (Wildman–Crippen LogP) is 8.79. The number of nitrogens with one attached hydrogen (secondary N) is 1. The molecule has 1 aliphatic carbocycles. The van der Waals surface area contributed by atoms with Crippen molar-refractivity contribution in [1.29, 1.82) is 0 Å². The quantitative estimate of drug-likeness (QED) is 0.138. The van der Waals surface area contributed by atoms with E-state index in [1.54, 1.807) is 0 Å². The van der Waals surface area contributed by atoms with Gasteiger partial charge in [0.25, 0.3) is 0 Å². The predicted molar refractivity (Wildman–Crippen MR) is 146 cm³/mol. The molecule has 16 heteroatoms. The van der Waals surface area contributed by atoms with Crippen LogP contribution in [0.4, 0.5) is 45.2 Å². The van der Waals surface area contributed by atoms with Crippen molar-refractivity contribution >= 4 is 58.0 Å². The maximum Gasteiger partial charge on any atom is 0.416 e. The Kier molecular flexibility index (Phi) is 9.59. The van der Waals surface area contributed by atoms with E-state index in [0.717, 1.165) is 18.2 Å². The number of alkyl halides is 8. The third-order valence-electron chi connectivity index (χ3n) is 6.87. The molecular formula is C29H17Cl3F9NO3. The van der Waals surface area contributed by atoms with Crippen LogP contribution in [-0.4, -0.2) is 28.0 Å². The van der Waals surface area contributed by atoms with E-state index in [1.165, 1.54) is 12.1 Å².